The van der Waals surface area contributed by atoms with Crippen molar-refractivity contribution in [2.75, 3.05) is 18.4 Å². The lowest BCUT2D eigenvalue weighted by Crippen LogP contribution is -2.34. The summed E-state index contributed by atoms with van der Waals surface area (Å²) in [6, 6.07) is 4.36. The highest BCUT2D eigenvalue weighted by Gasteiger charge is 2.28. The third-order valence-electron chi connectivity index (χ3n) is 4.41. The number of hydrogen-bond donors (Lipinski definition) is 2. The fourth-order valence-corrected chi connectivity index (χ4v) is 2.89. The normalized spacial score (nSPS) is 12.9. The molecule has 1 aromatic carbocycles. The van der Waals surface area contributed by atoms with Crippen LogP contribution in [0.25, 0.3) is 0 Å². The number of amides is 2. The zero-order chi connectivity index (χ0) is 20.3. The van der Waals surface area contributed by atoms with Gasteiger partial charge in [-0.2, -0.15) is 0 Å². The standard InChI is InChI=1S/C19H19F3N4O2/c1-2-18(27)23-5-6-26-10-16-12(19(26)28)3-4-17(25-16)24-9-13-14(21)7-11(20)8-15(13)22/h3-4,7-8H,2,5-6,9-10H2,1H3,(H,23,27)(H,24,25). The molecule has 148 valence electrons. The van der Waals surface area contributed by atoms with Crippen molar-refractivity contribution in [1.82, 2.24) is 15.2 Å². The topological polar surface area (TPSA) is 74.3 Å². The Morgan fingerprint density at radius 3 is 2.61 bits per heavy atom. The van der Waals surface area contributed by atoms with Crippen LogP contribution in [-0.2, 0) is 17.9 Å². The number of aromatic nitrogens is 1. The van der Waals surface area contributed by atoms with E-state index in [1.807, 2.05) is 0 Å². The first-order valence-electron chi connectivity index (χ1n) is 8.82. The van der Waals surface area contributed by atoms with E-state index in [0.717, 1.165) is 0 Å². The second-order valence-electron chi connectivity index (χ2n) is 6.32. The van der Waals surface area contributed by atoms with Crippen molar-refractivity contribution in [3.8, 4) is 0 Å². The van der Waals surface area contributed by atoms with Crippen LogP contribution in [0, 0.1) is 17.5 Å². The Bertz CT molecular complexity index is 897. The molecule has 0 radical (unpaired) electrons. The molecule has 3 rings (SSSR count). The zero-order valence-corrected chi connectivity index (χ0v) is 15.2. The quantitative estimate of drug-likeness (QED) is 0.760. The van der Waals surface area contributed by atoms with Crippen molar-refractivity contribution in [1.29, 1.82) is 0 Å². The van der Waals surface area contributed by atoms with E-state index in [-0.39, 0.29) is 30.5 Å². The first-order valence-corrected chi connectivity index (χ1v) is 8.82. The molecule has 0 fully saturated rings. The number of halogens is 3. The second-order valence-corrected chi connectivity index (χ2v) is 6.32. The highest BCUT2D eigenvalue weighted by Crippen LogP contribution is 2.23. The number of anilines is 1. The van der Waals surface area contributed by atoms with Crippen molar-refractivity contribution >= 4 is 17.6 Å². The van der Waals surface area contributed by atoms with Gasteiger partial charge in [0, 0.05) is 43.8 Å². The number of hydrogen-bond acceptors (Lipinski definition) is 4. The maximum absolute atomic E-state index is 13.7. The Hall–Kier alpha value is -3.10. The van der Waals surface area contributed by atoms with Crippen LogP contribution in [0.5, 0.6) is 0 Å². The molecular formula is C19H19F3N4O2. The van der Waals surface area contributed by atoms with Gasteiger partial charge in [0.15, 0.2) is 0 Å². The monoisotopic (exact) mass is 392 g/mol. The molecule has 6 nitrogen and oxygen atoms in total. The van der Waals surface area contributed by atoms with Gasteiger partial charge in [0.25, 0.3) is 5.91 Å². The summed E-state index contributed by atoms with van der Waals surface area (Å²) in [5.74, 6) is -2.88. The Kier molecular flexibility index (Phi) is 5.81. The Labute approximate surface area is 159 Å². The molecule has 2 aromatic rings. The minimum absolute atomic E-state index is 0.0889. The minimum atomic E-state index is -0.985. The van der Waals surface area contributed by atoms with Crippen molar-refractivity contribution < 1.29 is 22.8 Å². The van der Waals surface area contributed by atoms with Gasteiger partial charge in [0.05, 0.1) is 17.8 Å². The number of rotatable bonds is 7. The van der Waals surface area contributed by atoms with Gasteiger partial charge in [0.2, 0.25) is 5.91 Å². The Balaban J connectivity index is 1.63. The average Bonchev–Trinajstić information content (AvgIpc) is 2.96. The van der Waals surface area contributed by atoms with Crippen molar-refractivity contribution in [2.24, 2.45) is 0 Å². The molecule has 2 heterocycles. The van der Waals surface area contributed by atoms with Crippen molar-refractivity contribution in [2.45, 2.75) is 26.4 Å². The predicted molar refractivity (Wildman–Crippen MR) is 95.9 cm³/mol. The summed E-state index contributed by atoms with van der Waals surface area (Å²) in [4.78, 5) is 29.5. The molecule has 0 unspecified atom stereocenters. The van der Waals surface area contributed by atoms with Crippen LogP contribution >= 0.6 is 0 Å². The number of nitrogens with one attached hydrogen (secondary N) is 2. The van der Waals surface area contributed by atoms with Crippen molar-refractivity contribution in [3.63, 3.8) is 0 Å². The van der Waals surface area contributed by atoms with E-state index in [1.54, 1.807) is 24.0 Å². The molecule has 0 saturated heterocycles. The third-order valence-corrected chi connectivity index (χ3v) is 4.41. The zero-order valence-electron chi connectivity index (χ0n) is 15.2. The fraction of sp³-hybridized carbons (Fsp3) is 0.316. The van der Waals surface area contributed by atoms with E-state index in [0.29, 0.717) is 48.7 Å². The van der Waals surface area contributed by atoms with Crippen LogP contribution in [0.4, 0.5) is 19.0 Å². The molecular weight excluding hydrogens is 373 g/mol. The summed E-state index contributed by atoms with van der Waals surface area (Å²) in [6.07, 6.45) is 0.375. The first kappa shape index (κ1) is 19.7. The van der Waals surface area contributed by atoms with Gasteiger partial charge < -0.3 is 15.5 Å². The van der Waals surface area contributed by atoms with Crippen LogP contribution in [0.3, 0.4) is 0 Å². The highest BCUT2D eigenvalue weighted by molar-refractivity contribution is 5.98. The average molecular weight is 392 g/mol. The molecule has 9 heteroatoms. The number of carbonyl (C=O) groups is 2. The first-order chi connectivity index (χ1) is 13.4. The lowest BCUT2D eigenvalue weighted by Gasteiger charge is -2.15. The van der Waals surface area contributed by atoms with Crippen molar-refractivity contribution in [3.05, 3.63) is 58.5 Å². The van der Waals surface area contributed by atoms with E-state index in [2.05, 4.69) is 15.6 Å². The van der Waals surface area contributed by atoms with Gasteiger partial charge >= 0.3 is 0 Å². The minimum Gasteiger partial charge on any atom is -0.366 e. The van der Waals surface area contributed by atoms with E-state index >= 15 is 0 Å². The number of pyridine rings is 1. The van der Waals surface area contributed by atoms with E-state index in [4.69, 9.17) is 0 Å². The molecule has 0 aliphatic carbocycles. The molecule has 0 saturated carbocycles. The van der Waals surface area contributed by atoms with Crippen LogP contribution in [0.2, 0.25) is 0 Å². The molecule has 1 aliphatic rings. The highest BCUT2D eigenvalue weighted by atomic mass is 19.1. The van der Waals surface area contributed by atoms with Crippen LogP contribution in [0.1, 0.15) is 35.0 Å². The molecule has 0 atom stereocenters. The lowest BCUT2D eigenvalue weighted by molar-refractivity contribution is -0.120. The molecule has 2 N–H and O–H groups in total. The molecule has 0 spiro atoms. The SMILES string of the molecule is CCC(=O)NCCN1Cc2nc(NCc3c(F)cc(F)cc3F)ccc2C1=O. The van der Waals surface area contributed by atoms with Gasteiger partial charge in [-0.15, -0.1) is 0 Å². The molecule has 0 bridgehead atoms. The fourth-order valence-electron chi connectivity index (χ4n) is 2.89. The summed E-state index contributed by atoms with van der Waals surface area (Å²) in [5.41, 5.74) is 0.691. The number of nitrogens with zero attached hydrogens (tertiary/aromatic N) is 2. The second kappa shape index (κ2) is 8.28. The smallest absolute Gasteiger partial charge is 0.256 e. The Morgan fingerprint density at radius 2 is 1.93 bits per heavy atom. The number of fused-ring (bicyclic) bond motifs is 1. The van der Waals surface area contributed by atoms with E-state index < -0.39 is 17.5 Å². The van der Waals surface area contributed by atoms with E-state index in [9.17, 15) is 22.8 Å². The molecule has 1 aromatic heterocycles. The largest absolute Gasteiger partial charge is 0.366 e. The number of benzene rings is 1. The van der Waals surface area contributed by atoms with Crippen LogP contribution in [0.15, 0.2) is 24.3 Å². The number of carbonyl (C=O) groups excluding carboxylic acids is 2. The van der Waals surface area contributed by atoms with Gasteiger partial charge in [-0.05, 0) is 12.1 Å². The van der Waals surface area contributed by atoms with E-state index in [1.165, 1.54) is 0 Å². The summed E-state index contributed by atoms with van der Waals surface area (Å²) in [7, 11) is 0. The lowest BCUT2D eigenvalue weighted by atomic mass is 10.2. The van der Waals surface area contributed by atoms with Gasteiger partial charge in [-0.3, -0.25) is 9.59 Å². The molecule has 1 aliphatic heterocycles. The summed E-state index contributed by atoms with van der Waals surface area (Å²) in [5, 5.41) is 5.49. The Morgan fingerprint density at radius 1 is 1.21 bits per heavy atom. The molecule has 2 amide bonds. The van der Waals surface area contributed by atoms with Gasteiger partial charge in [-0.25, -0.2) is 18.2 Å². The maximum Gasteiger partial charge on any atom is 0.256 e. The summed E-state index contributed by atoms with van der Waals surface area (Å²) < 4.78 is 40.4. The van der Waals surface area contributed by atoms with Gasteiger partial charge in [-0.1, -0.05) is 6.92 Å². The maximum atomic E-state index is 13.7. The van der Waals surface area contributed by atoms with Crippen LogP contribution in [-0.4, -0.2) is 34.8 Å². The van der Waals surface area contributed by atoms with Gasteiger partial charge in [0.1, 0.15) is 23.3 Å². The third kappa shape index (κ3) is 4.24. The predicted octanol–water partition coefficient (Wildman–Crippen LogP) is 2.59. The van der Waals surface area contributed by atoms with Crippen LogP contribution < -0.4 is 10.6 Å². The summed E-state index contributed by atoms with van der Waals surface area (Å²) >= 11 is 0. The molecule has 28 heavy (non-hydrogen) atoms. The summed E-state index contributed by atoms with van der Waals surface area (Å²) in [6.45, 7) is 2.51.